The van der Waals surface area contributed by atoms with Crippen molar-refractivity contribution in [2.45, 2.75) is 38.7 Å². The molecule has 5 heteroatoms. The number of carbonyl (C=O) groups is 1. The van der Waals surface area contributed by atoms with Crippen molar-refractivity contribution in [1.82, 2.24) is 5.43 Å². The van der Waals surface area contributed by atoms with Crippen molar-refractivity contribution < 1.29 is 14.3 Å². The van der Waals surface area contributed by atoms with Crippen molar-refractivity contribution >= 4 is 12.1 Å². The lowest BCUT2D eigenvalue weighted by Crippen LogP contribution is -2.13. The summed E-state index contributed by atoms with van der Waals surface area (Å²) < 4.78 is 11.3. The van der Waals surface area contributed by atoms with Crippen molar-refractivity contribution in [1.29, 1.82) is 0 Å². The Bertz CT molecular complexity index is 494. The highest BCUT2D eigenvalue weighted by Crippen LogP contribution is 2.32. The molecule has 1 aromatic carbocycles. The van der Waals surface area contributed by atoms with Gasteiger partial charge in [0.1, 0.15) is 0 Å². The lowest BCUT2D eigenvalue weighted by molar-refractivity contribution is -0.118. The number of hydrazone groups is 1. The summed E-state index contributed by atoms with van der Waals surface area (Å²) >= 11 is 0. The molecule has 1 N–H and O–H groups in total. The molecule has 0 heterocycles. The molecule has 0 spiro atoms. The molecule has 0 atom stereocenters. The van der Waals surface area contributed by atoms with Gasteiger partial charge in [0.05, 0.1) is 19.4 Å². The van der Waals surface area contributed by atoms with E-state index >= 15 is 0 Å². The molecule has 0 aliphatic heterocycles. The van der Waals surface area contributed by atoms with Gasteiger partial charge in [0.15, 0.2) is 11.5 Å². The standard InChI is InChI=1S/C15H20N2O3/c1-11(18)17-16-10-12-7-8-14(19-2)15(9-12)20-13-5-3-4-6-13/h7-10,13H,3-6H2,1-2H3,(H,17,18)/b16-10+. The largest absolute Gasteiger partial charge is 0.493 e. The van der Waals surface area contributed by atoms with Crippen LogP contribution in [-0.4, -0.2) is 25.3 Å². The molecule has 1 aliphatic carbocycles. The van der Waals surface area contributed by atoms with Gasteiger partial charge in [0, 0.05) is 6.92 Å². The molecule has 0 unspecified atom stereocenters. The second kappa shape index (κ2) is 6.93. The molecule has 1 amide bonds. The Balaban J connectivity index is 2.10. The highest BCUT2D eigenvalue weighted by atomic mass is 16.5. The van der Waals surface area contributed by atoms with Gasteiger partial charge in [-0.25, -0.2) is 5.43 Å². The lowest BCUT2D eigenvalue weighted by Gasteiger charge is -2.16. The van der Waals surface area contributed by atoms with Crippen LogP contribution >= 0.6 is 0 Å². The van der Waals surface area contributed by atoms with Gasteiger partial charge in [-0.3, -0.25) is 4.79 Å². The predicted octanol–water partition coefficient (Wildman–Crippen LogP) is 2.49. The lowest BCUT2D eigenvalue weighted by atomic mass is 10.2. The van der Waals surface area contributed by atoms with Crippen LogP contribution in [0.3, 0.4) is 0 Å². The van der Waals surface area contributed by atoms with Gasteiger partial charge in [-0.1, -0.05) is 0 Å². The summed E-state index contributed by atoms with van der Waals surface area (Å²) in [6, 6.07) is 5.59. The van der Waals surface area contributed by atoms with Crippen molar-refractivity contribution in [2.75, 3.05) is 7.11 Å². The van der Waals surface area contributed by atoms with Crippen LogP contribution in [0.2, 0.25) is 0 Å². The number of rotatable bonds is 5. The molecule has 1 saturated carbocycles. The topological polar surface area (TPSA) is 59.9 Å². The van der Waals surface area contributed by atoms with Crippen LogP contribution in [0.25, 0.3) is 0 Å². The summed E-state index contributed by atoms with van der Waals surface area (Å²) in [6.45, 7) is 1.42. The molecule has 1 aromatic rings. The SMILES string of the molecule is COc1ccc(/C=N/NC(C)=O)cc1OC1CCCC1. The third-order valence-electron chi connectivity index (χ3n) is 3.22. The number of nitrogens with zero attached hydrogens (tertiary/aromatic N) is 1. The summed E-state index contributed by atoms with van der Waals surface area (Å²) in [6.07, 6.45) is 6.47. The van der Waals surface area contributed by atoms with Crippen LogP contribution in [0.4, 0.5) is 0 Å². The molecule has 1 fully saturated rings. The fraction of sp³-hybridized carbons (Fsp3) is 0.467. The minimum atomic E-state index is -0.197. The van der Waals surface area contributed by atoms with Crippen LogP contribution < -0.4 is 14.9 Å². The first kappa shape index (κ1) is 14.4. The Hall–Kier alpha value is -2.04. The molecule has 0 bridgehead atoms. The Morgan fingerprint density at radius 2 is 2.10 bits per heavy atom. The first-order valence-corrected chi connectivity index (χ1v) is 6.83. The number of carbonyl (C=O) groups excluding carboxylic acids is 1. The summed E-state index contributed by atoms with van der Waals surface area (Å²) in [5, 5.41) is 3.85. The van der Waals surface area contributed by atoms with E-state index in [1.165, 1.54) is 19.8 Å². The summed E-state index contributed by atoms with van der Waals surface area (Å²) in [7, 11) is 1.63. The van der Waals surface area contributed by atoms with Gasteiger partial charge < -0.3 is 9.47 Å². The Morgan fingerprint density at radius 1 is 1.35 bits per heavy atom. The van der Waals surface area contributed by atoms with E-state index < -0.39 is 0 Å². The maximum atomic E-state index is 10.8. The van der Waals surface area contributed by atoms with E-state index in [2.05, 4.69) is 10.5 Å². The number of nitrogens with one attached hydrogen (secondary N) is 1. The van der Waals surface area contributed by atoms with Gasteiger partial charge >= 0.3 is 0 Å². The van der Waals surface area contributed by atoms with E-state index in [0.29, 0.717) is 5.75 Å². The number of methoxy groups -OCH3 is 1. The number of hydrogen-bond donors (Lipinski definition) is 1. The maximum absolute atomic E-state index is 10.8. The van der Waals surface area contributed by atoms with Crippen molar-refractivity contribution in [3.05, 3.63) is 23.8 Å². The van der Waals surface area contributed by atoms with Crippen LogP contribution in [-0.2, 0) is 4.79 Å². The van der Waals surface area contributed by atoms with Gasteiger partial charge in [0.2, 0.25) is 5.91 Å². The smallest absolute Gasteiger partial charge is 0.236 e. The molecule has 108 valence electrons. The van der Waals surface area contributed by atoms with E-state index in [4.69, 9.17) is 9.47 Å². The quantitative estimate of drug-likeness (QED) is 0.664. The summed E-state index contributed by atoms with van der Waals surface area (Å²) in [5.41, 5.74) is 3.23. The molecule has 0 saturated heterocycles. The third-order valence-corrected chi connectivity index (χ3v) is 3.22. The number of amides is 1. The second-order valence-electron chi connectivity index (χ2n) is 4.86. The Morgan fingerprint density at radius 3 is 2.75 bits per heavy atom. The van der Waals surface area contributed by atoms with Gasteiger partial charge in [-0.15, -0.1) is 0 Å². The molecular formula is C15H20N2O3. The second-order valence-corrected chi connectivity index (χ2v) is 4.86. The van der Waals surface area contributed by atoms with E-state index in [1.54, 1.807) is 13.3 Å². The molecule has 2 rings (SSSR count). The van der Waals surface area contributed by atoms with E-state index in [1.807, 2.05) is 18.2 Å². The molecular weight excluding hydrogens is 256 g/mol. The van der Waals surface area contributed by atoms with E-state index in [-0.39, 0.29) is 12.0 Å². The fourth-order valence-electron chi connectivity index (χ4n) is 2.25. The Labute approximate surface area is 119 Å². The van der Waals surface area contributed by atoms with Crippen LogP contribution in [0, 0.1) is 0 Å². The van der Waals surface area contributed by atoms with Gasteiger partial charge in [-0.05, 0) is 49.4 Å². The Kier molecular flexibility index (Phi) is 4.98. The summed E-state index contributed by atoms with van der Waals surface area (Å²) in [4.78, 5) is 10.8. The van der Waals surface area contributed by atoms with E-state index in [0.717, 1.165) is 24.2 Å². The van der Waals surface area contributed by atoms with Crippen LogP contribution in [0.5, 0.6) is 11.5 Å². The van der Waals surface area contributed by atoms with Gasteiger partial charge in [-0.2, -0.15) is 5.10 Å². The van der Waals surface area contributed by atoms with E-state index in [9.17, 15) is 4.79 Å². The highest BCUT2D eigenvalue weighted by molar-refractivity contribution is 5.82. The molecule has 0 aromatic heterocycles. The zero-order chi connectivity index (χ0) is 14.4. The van der Waals surface area contributed by atoms with Crippen molar-refractivity contribution in [3.8, 4) is 11.5 Å². The van der Waals surface area contributed by atoms with Crippen LogP contribution in [0.15, 0.2) is 23.3 Å². The zero-order valence-corrected chi connectivity index (χ0v) is 11.9. The number of ether oxygens (including phenoxy) is 2. The molecule has 0 radical (unpaired) electrons. The number of benzene rings is 1. The first-order valence-electron chi connectivity index (χ1n) is 6.83. The van der Waals surface area contributed by atoms with Crippen molar-refractivity contribution in [2.24, 2.45) is 5.10 Å². The van der Waals surface area contributed by atoms with Crippen LogP contribution in [0.1, 0.15) is 38.2 Å². The maximum Gasteiger partial charge on any atom is 0.236 e. The molecule has 1 aliphatic rings. The predicted molar refractivity (Wildman–Crippen MR) is 77.3 cm³/mol. The van der Waals surface area contributed by atoms with Gasteiger partial charge in [0.25, 0.3) is 0 Å². The average Bonchev–Trinajstić information content (AvgIpc) is 2.91. The molecule has 5 nitrogen and oxygen atoms in total. The first-order chi connectivity index (χ1) is 9.69. The molecule has 20 heavy (non-hydrogen) atoms. The van der Waals surface area contributed by atoms with Crippen molar-refractivity contribution in [3.63, 3.8) is 0 Å². The normalized spacial score (nSPS) is 15.5. The summed E-state index contributed by atoms with van der Waals surface area (Å²) in [5.74, 6) is 1.25. The zero-order valence-electron chi connectivity index (χ0n) is 11.9. The highest BCUT2D eigenvalue weighted by Gasteiger charge is 2.18. The fourth-order valence-corrected chi connectivity index (χ4v) is 2.25. The average molecular weight is 276 g/mol. The minimum Gasteiger partial charge on any atom is -0.493 e. The monoisotopic (exact) mass is 276 g/mol. The third kappa shape index (κ3) is 3.98. The number of hydrogen-bond acceptors (Lipinski definition) is 4. The minimum absolute atomic E-state index is 0.197.